The van der Waals surface area contributed by atoms with Crippen LogP contribution in [0, 0.1) is 5.92 Å². The molecule has 1 aromatic rings. The molecule has 0 aliphatic carbocycles. The number of benzene rings is 1. The lowest BCUT2D eigenvalue weighted by Gasteiger charge is -2.15. The Labute approximate surface area is 120 Å². The van der Waals surface area contributed by atoms with Gasteiger partial charge in [0.1, 0.15) is 0 Å². The maximum absolute atomic E-state index is 11.3. The first-order valence-electron chi connectivity index (χ1n) is 6.02. The van der Waals surface area contributed by atoms with Crippen molar-refractivity contribution in [2.75, 3.05) is 21.3 Å². The quantitative estimate of drug-likeness (QED) is 0.874. The molecule has 1 N–H and O–H groups in total. The molecular weight excluding hydrogens is 266 g/mol. The van der Waals surface area contributed by atoms with E-state index in [4.69, 9.17) is 9.47 Å². The first kappa shape index (κ1) is 17.6. The Balaban J connectivity index is 0.00000324. The topological polar surface area (TPSA) is 47.6 Å². The number of amides is 1. The fourth-order valence-electron chi connectivity index (χ4n) is 1.98. The molecule has 19 heavy (non-hydrogen) atoms. The molecule has 0 saturated heterocycles. The fraction of sp³-hybridized carbons (Fsp3) is 0.500. The highest BCUT2D eigenvalue weighted by molar-refractivity contribution is 5.85. The smallest absolute Gasteiger partial charge is 0.220 e. The summed E-state index contributed by atoms with van der Waals surface area (Å²) in [6, 6.07) is 5.80. The number of carbonyl (C=O) groups is 1. The van der Waals surface area contributed by atoms with E-state index in [2.05, 4.69) is 5.32 Å². The number of rotatable bonds is 6. The summed E-state index contributed by atoms with van der Waals surface area (Å²) in [6.07, 6.45) is 1.30. The van der Waals surface area contributed by atoms with Gasteiger partial charge in [0, 0.05) is 13.5 Å². The van der Waals surface area contributed by atoms with E-state index in [-0.39, 0.29) is 24.2 Å². The maximum Gasteiger partial charge on any atom is 0.220 e. The molecule has 0 fully saturated rings. The van der Waals surface area contributed by atoms with Crippen LogP contribution in [-0.2, 0) is 11.2 Å². The number of halogens is 1. The molecule has 5 heteroatoms. The van der Waals surface area contributed by atoms with Gasteiger partial charge in [-0.3, -0.25) is 4.79 Å². The van der Waals surface area contributed by atoms with Crippen LogP contribution in [0.5, 0.6) is 11.5 Å². The summed E-state index contributed by atoms with van der Waals surface area (Å²) in [5.41, 5.74) is 1.06. The molecule has 0 bridgehead atoms. The van der Waals surface area contributed by atoms with Crippen LogP contribution in [0.2, 0.25) is 0 Å². The van der Waals surface area contributed by atoms with Crippen molar-refractivity contribution in [3.63, 3.8) is 0 Å². The van der Waals surface area contributed by atoms with E-state index in [1.54, 1.807) is 21.3 Å². The van der Waals surface area contributed by atoms with Crippen LogP contribution in [0.1, 0.15) is 18.9 Å². The number of nitrogens with one attached hydrogen (secondary N) is 1. The molecule has 0 heterocycles. The first-order chi connectivity index (χ1) is 8.62. The summed E-state index contributed by atoms with van der Waals surface area (Å²) in [6.45, 7) is 2.05. The number of ether oxygens (including phenoxy) is 2. The maximum atomic E-state index is 11.3. The second-order valence-electron chi connectivity index (χ2n) is 4.34. The van der Waals surface area contributed by atoms with E-state index < -0.39 is 0 Å². The molecule has 0 radical (unpaired) electrons. The van der Waals surface area contributed by atoms with Crippen molar-refractivity contribution >= 4 is 18.3 Å². The molecule has 0 aliphatic heterocycles. The van der Waals surface area contributed by atoms with Crippen molar-refractivity contribution in [3.05, 3.63) is 23.8 Å². The van der Waals surface area contributed by atoms with Crippen LogP contribution >= 0.6 is 12.4 Å². The molecule has 0 aliphatic rings. The van der Waals surface area contributed by atoms with E-state index in [0.29, 0.717) is 6.42 Å². The molecule has 108 valence electrons. The molecular formula is C14H22ClNO3. The van der Waals surface area contributed by atoms with E-state index in [1.165, 1.54) is 0 Å². The van der Waals surface area contributed by atoms with Gasteiger partial charge in [-0.1, -0.05) is 19.1 Å². The Morgan fingerprint density at radius 2 is 2.00 bits per heavy atom. The summed E-state index contributed by atoms with van der Waals surface area (Å²) in [4.78, 5) is 11.3. The van der Waals surface area contributed by atoms with Crippen LogP contribution in [-0.4, -0.2) is 27.2 Å². The van der Waals surface area contributed by atoms with E-state index in [1.807, 2.05) is 25.1 Å². The van der Waals surface area contributed by atoms with Gasteiger partial charge in [0.2, 0.25) is 5.91 Å². The molecule has 1 unspecified atom stereocenters. The normalized spacial score (nSPS) is 11.2. The van der Waals surface area contributed by atoms with Crippen LogP contribution in [0.15, 0.2) is 18.2 Å². The lowest BCUT2D eigenvalue weighted by atomic mass is 9.97. The summed E-state index contributed by atoms with van der Waals surface area (Å²) in [7, 11) is 4.90. The number of hydrogen-bond acceptors (Lipinski definition) is 3. The van der Waals surface area contributed by atoms with Crippen molar-refractivity contribution in [1.82, 2.24) is 5.32 Å². The Morgan fingerprint density at radius 1 is 1.32 bits per heavy atom. The van der Waals surface area contributed by atoms with Crippen LogP contribution < -0.4 is 14.8 Å². The van der Waals surface area contributed by atoms with Crippen LogP contribution in [0.25, 0.3) is 0 Å². The number of carbonyl (C=O) groups excluding carboxylic acids is 1. The molecule has 0 aromatic heterocycles. The van der Waals surface area contributed by atoms with E-state index in [9.17, 15) is 4.79 Å². The average Bonchev–Trinajstić information content (AvgIpc) is 2.37. The lowest BCUT2D eigenvalue weighted by Crippen LogP contribution is -2.21. The predicted molar refractivity (Wildman–Crippen MR) is 78.3 cm³/mol. The monoisotopic (exact) mass is 287 g/mol. The third-order valence-corrected chi connectivity index (χ3v) is 2.87. The van der Waals surface area contributed by atoms with Crippen molar-refractivity contribution in [2.24, 2.45) is 5.92 Å². The second kappa shape index (κ2) is 8.64. The highest BCUT2D eigenvalue weighted by atomic mass is 35.5. The molecule has 4 nitrogen and oxygen atoms in total. The first-order valence-corrected chi connectivity index (χ1v) is 6.02. The minimum atomic E-state index is 0. The molecule has 1 amide bonds. The van der Waals surface area contributed by atoms with Crippen molar-refractivity contribution in [1.29, 1.82) is 0 Å². The van der Waals surface area contributed by atoms with Gasteiger partial charge in [0.25, 0.3) is 0 Å². The Morgan fingerprint density at radius 3 is 2.53 bits per heavy atom. The molecule has 1 aromatic carbocycles. The number of methoxy groups -OCH3 is 2. The zero-order valence-electron chi connectivity index (χ0n) is 11.9. The fourth-order valence-corrected chi connectivity index (χ4v) is 1.98. The highest BCUT2D eigenvalue weighted by Gasteiger charge is 2.14. The second-order valence-corrected chi connectivity index (χ2v) is 4.34. The highest BCUT2D eigenvalue weighted by Crippen LogP contribution is 2.32. The zero-order valence-corrected chi connectivity index (χ0v) is 12.7. The van der Waals surface area contributed by atoms with Gasteiger partial charge in [0.15, 0.2) is 11.5 Å². The summed E-state index contributed by atoms with van der Waals surface area (Å²) < 4.78 is 10.6. The van der Waals surface area contributed by atoms with Gasteiger partial charge in [-0.05, 0) is 24.0 Å². The SMILES string of the molecule is CNC(=O)CC(C)Cc1cccc(OC)c1OC.Cl. The molecule has 1 atom stereocenters. The minimum absolute atomic E-state index is 0. The Kier molecular flexibility index (Phi) is 8.00. The van der Waals surface area contributed by atoms with Gasteiger partial charge in [-0.25, -0.2) is 0 Å². The molecule has 0 spiro atoms. The summed E-state index contributed by atoms with van der Waals surface area (Å²) >= 11 is 0. The van der Waals surface area contributed by atoms with Gasteiger partial charge < -0.3 is 14.8 Å². The largest absolute Gasteiger partial charge is 0.493 e. The van der Waals surface area contributed by atoms with Crippen LogP contribution in [0.3, 0.4) is 0 Å². The average molecular weight is 288 g/mol. The molecule has 0 saturated carbocycles. The minimum Gasteiger partial charge on any atom is -0.493 e. The van der Waals surface area contributed by atoms with Crippen molar-refractivity contribution < 1.29 is 14.3 Å². The van der Waals surface area contributed by atoms with Gasteiger partial charge >= 0.3 is 0 Å². The van der Waals surface area contributed by atoms with E-state index in [0.717, 1.165) is 23.5 Å². The zero-order chi connectivity index (χ0) is 13.5. The third kappa shape index (κ3) is 4.99. The molecule has 1 rings (SSSR count). The Hall–Kier alpha value is -1.42. The number of hydrogen-bond donors (Lipinski definition) is 1. The van der Waals surface area contributed by atoms with Gasteiger partial charge in [-0.2, -0.15) is 0 Å². The van der Waals surface area contributed by atoms with Crippen molar-refractivity contribution in [2.45, 2.75) is 19.8 Å². The van der Waals surface area contributed by atoms with Crippen molar-refractivity contribution in [3.8, 4) is 11.5 Å². The van der Waals surface area contributed by atoms with E-state index >= 15 is 0 Å². The summed E-state index contributed by atoms with van der Waals surface area (Å²) in [5.74, 6) is 1.79. The summed E-state index contributed by atoms with van der Waals surface area (Å²) in [5, 5.41) is 2.64. The van der Waals surface area contributed by atoms with Crippen LogP contribution in [0.4, 0.5) is 0 Å². The Bertz CT molecular complexity index is 410. The lowest BCUT2D eigenvalue weighted by molar-refractivity contribution is -0.121. The van der Waals surface area contributed by atoms with Gasteiger partial charge in [0.05, 0.1) is 14.2 Å². The third-order valence-electron chi connectivity index (χ3n) is 2.87. The number of para-hydroxylation sites is 1. The van der Waals surface area contributed by atoms with Gasteiger partial charge in [-0.15, -0.1) is 12.4 Å². The predicted octanol–water partition coefficient (Wildman–Crippen LogP) is 2.44. The standard InChI is InChI=1S/C14H21NO3.ClH/c1-10(9-13(16)15-2)8-11-6-5-7-12(17-3)14(11)18-4;/h5-7,10H,8-9H2,1-4H3,(H,15,16);1H.